The molecule has 0 saturated heterocycles. The predicted molar refractivity (Wildman–Crippen MR) is 138 cm³/mol. The Morgan fingerprint density at radius 1 is 1.11 bits per heavy atom. The van der Waals surface area contributed by atoms with Crippen LogP contribution < -0.4 is 16.6 Å². The lowest BCUT2D eigenvalue weighted by atomic mass is 9.94. The van der Waals surface area contributed by atoms with Crippen LogP contribution in [-0.4, -0.2) is 26.3 Å². The summed E-state index contributed by atoms with van der Waals surface area (Å²) in [6.45, 7) is 1.93. The molecular formula is C26H21N5O3S. The number of nitrogens with one attached hydrogen (secondary N) is 2. The summed E-state index contributed by atoms with van der Waals surface area (Å²) in [6, 6.07) is 14.4. The number of nitrogens with two attached hydrogens (primary N) is 1. The molecule has 2 amide bonds. The Morgan fingerprint density at radius 2 is 1.94 bits per heavy atom. The highest BCUT2D eigenvalue weighted by Gasteiger charge is 2.18. The Kier molecular flexibility index (Phi) is 5.54. The van der Waals surface area contributed by atoms with Crippen LogP contribution in [0.15, 0.2) is 71.1 Å². The molecule has 0 radical (unpaired) electrons. The summed E-state index contributed by atoms with van der Waals surface area (Å²) in [6.07, 6.45) is 3.32. The summed E-state index contributed by atoms with van der Waals surface area (Å²) in [5, 5.41) is 5.88. The van der Waals surface area contributed by atoms with Crippen LogP contribution in [0.5, 0.6) is 0 Å². The maximum absolute atomic E-state index is 12.6. The van der Waals surface area contributed by atoms with E-state index in [0.29, 0.717) is 21.8 Å². The summed E-state index contributed by atoms with van der Waals surface area (Å²) in [7, 11) is 1.68. The number of fused-ring (bicyclic) bond motifs is 1. The fourth-order valence-corrected chi connectivity index (χ4v) is 4.67. The number of aryl methyl sites for hydroxylation is 1. The van der Waals surface area contributed by atoms with Crippen LogP contribution in [-0.2, 0) is 7.05 Å². The number of rotatable bonds is 5. The SMILES string of the molecule is Cc1c(NC(=O)c2nccs2)cccc1-c1ccc(C(N)=O)c2[nH]c(-c3ccc(=O)n(C)c3)cc12. The minimum atomic E-state index is -0.545. The number of aromatic amines is 1. The minimum Gasteiger partial charge on any atom is -0.366 e. The van der Waals surface area contributed by atoms with Gasteiger partial charge in [-0.05, 0) is 47.9 Å². The standard InChI is InChI=1S/C26H21N5O3S/c1-14-16(4-3-5-20(14)30-25(34)26-28-10-11-35-26)17-7-8-18(24(27)33)23-19(17)12-21(29-23)15-6-9-22(32)31(2)13-15/h3-13,29H,1-2H3,(H2,27,33)(H,30,34). The Hall–Kier alpha value is -4.50. The quantitative estimate of drug-likeness (QED) is 0.345. The first-order chi connectivity index (χ1) is 16.8. The molecule has 5 aromatic rings. The summed E-state index contributed by atoms with van der Waals surface area (Å²) < 4.78 is 1.50. The van der Waals surface area contributed by atoms with Crippen molar-refractivity contribution < 1.29 is 9.59 Å². The number of aromatic nitrogens is 3. The summed E-state index contributed by atoms with van der Waals surface area (Å²) >= 11 is 1.27. The zero-order valence-electron chi connectivity index (χ0n) is 19.0. The molecule has 0 saturated carbocycles. The second-order valence-corrected chi connectivity index (χ2v) is 9.03. The maximum Gasteiger partial charge on any atom is 0.284 e. The smallest absolute Gasteiger partial charge is 0.284 e. The molecule has 0 fully saturated rings. The second kappa shape index (κ2) is 8.69. The molecule has 174 valence electrons. The molecule has 5 rings (SSSR count). The molecule has 0 atom stereocenters. The van der Waals surface area contributed by atoms with E-state index in [1.54, 1.807) is 37.0 Å². The Labute approximate surface area is 204 Å². The van der Waals surface area contributed by atoms with Crippen LogP contribution in [0.25, 0.3) is 33.3 Å². The topological polar surface area (TPSA) is 123 Å². The van der Waals surface area contributed by atoms with Gasteiger partial charge in [0.25, 0.3) is 11.8 Å². The first-order valence-corrected chi connectivity index (χ1v) is 11.6. The highest BCUT2D eigenvalue weighted by molar-refractivity contribution is 7.11. The number of anilines is 1. The summed E-state index contributed by atoms with van der Waals surface area (Å²) in [5.74, 6) is -0.815. The van der Waals surface area contributed by atoms with E-state index in [1.165, 1.54) is 22.0 Å². The van der Waals surface area contributed by atoms with E-state index >= 15 is 0 Å². The van der Waals surface area contributed by atoms with Crippen molar-refractivity contribution in [2.75, 3.05) is 5.32 Å². The number of pyridine rings is 1. The van der Waals surface area contributed by atoms with Gasteiger partial charge in [0.2, 0.25) is 5.56 Å². The fourth-order valence-electron chi connectivity index (χ4n) is 4.14. The number of H-pyrrole nitrogens is 1. The Balaban J connectivity index is 1.65. The molecule has 3 heterocycles. The van der Waals surface area contributed by atoms with Gasteiger partial charge in [0, 0.05) is 53.2 Å². The van der Waals surface area contributed by atoms with Crippen LogP contribution in [0.1, 0.15) is 25.7 Å². The highest BCUT2D eigenvalue weighted by Crippen LogP contribution is 2.37. The van der Waals surface area contributed by atoms with Crippen molar-refractivity contribution in [1.29, 1.82) is 0 Å². The van der Waals surface area contributed by atoms with Crippen molar-refractivity contribution in [2.24, 2.45) is 12.8 Å². The van der Waals surface area contributed by atoms with Gasteiger partial charge in [-0.2, -0.15) is 0 Å². The van der Waals surface area contributed by atoms with Crippen molar-refractivity contribution in [3.8, 4) is 22.4 Å². The van der Waals surface area contributed by atoms with Gasteiger partial charge in [-0.1, -0.05) is 18.2 Å². The number of benzene rings is 2. The molecule has 3 aromatic heterocycles. The second-order valence-electron chi connectivity index (χ2n) is 8.13. The zero-order valence-corrected chi connectivity index (χ0v) is 19.8. The average Bonchev–Trinajstić information content (AvgIpc) is 3.52. The molecule has 2 aromatic carbocycles. The molecule has 9 heteroatoms. The van der Waals surface area contributed by atoms with Crippen molar-refractivity contribution >= 4 is 39.7 Å². The summed E-state index contributed by atoms with van der Waals surface area (Å²) in [5.41, 5.74) is 11.4. The van der Waals surface area contributed by atoms with Crippen LogP contribution in [0, 0.1) is 6.92 Å². The molecule has 4 N–H and O–H groups in total. The molecule has 0 aliphatic carbocycles. The van der Waals surface area contributed by atoms with Gasteiger partial charge < -0.3 is 20.6 Å². The number of hydrogen-bond acceptors (Lipinski definition) is 5. The van der Waals surface area contributed by atoms with E-state index in [4.69, 9.17) is 5.73 Å². The third-order valence-corrected chi connectivity index (χ3v) is 6.73. The van der Waals surface area contributed by atoms with Crippen LogP contribution in [0.3, 0.4) is 0 Å². The van der Waals surface area contributed by atoms with Crippen molar-refractivity contribution in [2.45, 2.75) is 6.92 Å². The van der Waals surface area contributed by atoms with E-state index in [-0.39, 0.29) is 11.5 Å². The van der Waals surface area contributed by atoms with Crippen molar-refractivity contribution in [1.82, 2.24) is 14.5 Å². The van der Waals surface area contributed by atoms with E-state index in [9.17, 15) is 14.4 Å². The number of hydrogen-bond donors (Lipinski definition) is 3. The molecule has 0 unspecified atom stereocenters. The molecule has 35 heavy (non-hydrogen) atoms. The van der Waals surface area contributed by atoms with Crippen LogP contribution in [0.4, 0.5) is 5.69 Å². The van der Waals surface area contributed by atoms with Crippen LogP contribution >= 0.6 is 11.3 Å². The lowest BCUT2D eigenvalue weighted by Crippen LogP contribution is -2.14. The van der Waals surface area contributed by atoms with Gasteiger partial charge in [0.1, 0.15) is 0 Å². The highest BCUT2D eigenvalue weighted by atomic mass is 32.1. The zero-order chi connectivity index (χ0) is 24.7. The normalized spacial score (nSPS) is 11.0. The first-order valence-electron chi connectivity index (χ1n) is 10.8. The molecule has 0 aliphatic heterocycles. The number of carbonyl (C=O) groups excluding carboxylic acids is 2. The van der Waals surface area contributed by atoms with Crippen molar-refractivity contribution in [3.05, 3.63) is 92.8 Å². The Bertz CT molecular complexity index is 1660. The third-order valence-electron chi connectivity index (χ3n) is 5.95. The lowest BCUT2D eigenvalue weighted by Gasteiger charge is -2.14. The number of carbonyl (C=O) groups is 2. The Morgan fingerprint density at radius 3 is 2.66 bits per heavy atom. The molecular weight excluding hydrogens is 462 g/mol. The number of nitrogens with zero attached hydrogens (tertiary/aromatic N) is 2. The monoisotopic (exact) mass is 483 g/mol. The van der Waals surface area contributed by atoms with E-state index < -0.39 is 5.91 Å². The minimum absolute atomic E-state index is 0.115. The van der Waals surface area contributed by atoms with Gasteiger partial charge in [0.15, 0.2) is 5.01 Å². The number of primary amides is 1. The molecule has 0 aliphatic rings. The van der Waals surface area contributed by atoms with Gasteiger partial charge in [0.05, 0.1) is 11.1 Å². The molecule has 8 nitrogen and oxygen atoms in total. The van der Waals surface area contributed by atoms with Crippen molar-refractivity contribution in [3.63, 3.8) is 0 Å². The number of amides is 2. The van der Waals surface area contributed by atoms with E-state index in [2.05, 4.69) is 15.3 Å². The predicted octanol–water partition coefficient (Wildman–Crippen LogP) is 4.32. The molecule has 0 spiro atoms. The van der Waals surface area contributed by atoms with E-state index in [1.807, 2.05) is 37.3 Å². The molecule has 0 bridgehead atoms. The van der Waals surface area contributed by atoms with Crippen LogP contribution in [0.2, 0.25) is 0 Å². The van der Waals surface area contributed by atoms with E-state index in [0.717, 1.165) is 33.3 Å². The third kappa shape index (κ3) is 4.02. The average molecular weight is 484 g/mol. The van der Waals surface area contributed by atoms with Gasteiger partial charge in [-0.15, -0.1) is 11.3 Å². The largest absolute Gasteiger partial charge is 0.366 e. The van der Waals surface area contributed by atoms with Gasteiger partial charge in [-0.25, -0.2) is 4.98 Å². The van der Waals surface area contributed by atoms with Gasteiger partial charge in [-0.3, -0.25) is 14.4 Å². The maximum atomic E-state index is 12.6. The first kappa shape index (κ1) is 22.3. The number of thiazole rings is 1. The summed E-state index contributed by atoms with van der Waals surface area (Å²) in [4.78, 5) is 44.0. The van der Waals surface area contributed by atoms with Gasteiger partial charge >= 0.3 is 0 Å². The fraction of sp³-hybridized carbons (Fsp3) is 0.0769. The lowest BCUT2D eigenvalue weighted by molar-refractivity contribution is 0.0998.